The summed E-state index contributed by atoms with van der Waals surface area (Å²) in [5.41, 5.74) is 0.850. The molecule has 0 unspecified atom stereocenters. The van der Waals surface area contributed by atoms with E-state index in [1.54, 1.807) is 0 Å². The second-order valence-electron chi connectivity index (χ2n) is 6.43. The molecule has 154 valence electrons. The highest BCUT2D eigenvalue weighted by Gasteiger charge is 2.49. The minimum Gasteiger partial charge on any atom is -0.463 e. The van der Waals surface area contributed by atoms with Crippen LogP contribution >= 0.6 is 0 Å². The zero-order valence-corrected chi connectivity index (χ0v) is 16.0. The summed E-state index contributed by atoms with van der Waals surface area (Å²) in [6.45, 7) is 3.63. The molecule has 1 amide bonds. The molecule has 28 heavy (non-hydrogen) atoms. The van der Waals surface area contributed by atoms with Crippen LogP contribution in [0, 0.1) is 0 Å². The highest BCUT2D eigenvalue weighted by Crippen LogP contribution is 2.26. The first-order chi connectivity index (χ1) is 13.3. The van der Waals surface area contributed by atoms with Gasteiger partial charge >= 0.3 is 11.9 Å². The minimum atomic E-state index is -1.45. The fourth-order valence-electron chi connectivity index (χ4n) is 2.94. The van der Waals surface area contributed by atoms with Gasteiger partial charge in [0.2, 0.25) is 5.91 Å². The highest BCUT2D eigenvalue weighted by atomic mass is 16.7. The lowest BCUT2D eigenvalue weighted by Gasteiger charge is -2.44. The molecule has 0 aromatic heterocycles. The normalized spacial score (nSPS) is 26.9. The molecule has 9 heteroatoms. The summed E-state index contributed by atoms with van der Waals surface area (Å²) in [6, 6.07) is 8.25. The Kier molecular flexibility index (Phi) is 7.91. The number of benzene rings is 1. The summed E-state index contributed by atoms with van der Waals surface area (Å²) in [5, 5.41) is 12.9. The first-order valence-corrected chi connectivity index (χ1v) is 8.84. The fourth-order valence-corrected chi connectivity index (χ4v) is 2.94. The molecular formula is C19H25NO8. The molecule has 1 aliphatic heterocycles. The van der Waals surface area contributed by atoms with E-state index in [0.29, 0.717) is 0 Å². The molecule has 1 heterocycles. The van der Waals surface area contributed by atoms with Crippen molar-refractivity contribution in [2.75, 3.05) is 6.61 Å². The molecule has 0 spiro atoms. The van der Waals surface area contributed by atoms with Crippen LogP contribution in [0.4, 0.5) is 0 Å². The van der Waals surface area contributed by atoms with E-state index in [1.807, 2.05) is 30.3 Å². The van der Waals surface area contributed by atoms with Crippen LogP contribution in [0.15, 0.2) is 30.3 Å². The van der Waals surface area contributed by atoms with Crippen LogP contribution in [0.3, 0.4) is 0 Å². The number of carbonyl (C=O) groups is 3. The number of hydrogen-bond donors (Lipinski definition) is 2. The number of carbonyl (C=O) groups excluding carboxylic acids is 3. The Morgan fingerprint density at radius 1 is 1.07 bits per heavy atom. The summed E-state index contributed by atoms with van der Waals surface area (Å²) < 4.78 is 21.7. The second kappa shape index (κ2) is 10.2. The molecule has 0 radical (unpaired) electrons. The molecule has 2 rings (SSSR count). The monoisotopic (exact) mass is 395 g/mol. The van der Waals surface area contributed by atoms with E-state index in [1.165, 1.54) is 20.8 Å². The van der Waals surface area contributed by atoms with Crippen LogP contribution in [0.1, 0.15) is 26.3 Å². The van der Waals surface area contributed by atoms with E-state index in [-0.39, 0.29) is 13.2 Å². The Morgan fingerprint density at radius 3 is 2.32 bits per heavy atom. The molecular weight excluding hydrogens is 370 g/mol. The Bertz CT molecular complexity index is 680. The molecule has 1 aromatic carbocycles. The smallest absolute Gasteiger partial charge is 0.303 e. The predicted molar refractivity (Wildman–Crippen MR) is 95.7 cm³/mol. The highest BCUT2D eigenvalue weighted by molar-refractivity contribution is 5.73. The van der Waals surface area contributed by atoms with E-state index in [9.17, 15) is 19.5 Å². The van der Waals surface area contributed by atoms with Crippen molar-refractivity contribution in [1.82, 2.24) is 5.32 Å². The van der Waals surface area contributed by atoms with Gasteiger partial charge in [0, 0.05) is 20.8 Å². The second-order valence-corrected chi connectivity index (χ2v) is 6.43. The summed E-state index contributed by atoms with van der Waals surface area (Å²) in [6.07, 6.45) is -4.36. The Balaban J connectivity index is 2.26. The van der Waals surface area contributed by atoms with Gasteiger partial charge in [-0.05, 0) is 5.56 Å². The molecule has 1 aliphatic rings. The van der Waals surface area contributed by atoms with Crippen molar-refractivity contribution in [2.24, 2.45) is 0 Å². The molecule has 1 fully saturated rings. The molecule has 2 N–H and O–H groups in total. The number of hydrogen-bond acceptors (Lipinski definition) is 8. The van der Waals surface area contributed by atoms with Gasteiger partial charge in [-0.2, -0.15) is 0 Å². The van der Waals surface area contributed by atoms with Crippen molar-refractivity contribution in [3.63, 3.8) is 0 Å². The van der Waals surface area contributed by atoms with Crippen LogP contribution in [0.25, 0.3) is 0 Å². The van der Waals surface area contributed by atoms with Gasteiger partial charge in [0.25, 0.3) is 0 Å². The number of amides is 1. The van der Waals surface area contributed by atoms with Crippen molar-refractivity contribution < 1.29 is 38.4 Å². The van der Waals surface area contributed by atoms with Gasteiger partial charge in [-0.15, -0.1) is 0 Å². The Labute approximate surface area is 162 Å². The van der Waals surface area contributed by atoms with Gasteiger partial charge in [0.05, 0.1) is 6.61 Å². The van der Waals surface area contributed by atoms with Crippen LogP contribution < -0.4 is 5.32 Å². The fraction of sp³-hybridized carbons (Fsp3) is 0.526. The Morgan fingerprint density at radius 2 is 1.75 bits per heavy atom. The zero-order valence-electron chi connectivity index (χ0n) is 16.0. The van der Waals surface area contributed by atoms with Crippen LogP contribution in [-0.2, 0) is 39.9 Å². The number of aliphatic hydroxyl groups is 1. The average Bonchev–Trinajstić information content (AvgIpc) is 2.62. The summed E-state index contributed by atoms with van der Waals surface area (Å²) in [7, 11) is 0. The van der Waals surface area contributed by atoms with Gasteiger partial charge in [-0.1, -0.05) is 30.3 Å². The summed E-state index contributed by atoms with van der Waals surface area (Å²) in [5.74, 6) is -1.57. The number of nitrogens with one attached hydrogen (secondary N) is 1. The summed E-state index contributed by atoms with van der Waals surface area (Å²) >= 11 is 0. The summed E-state index contributed by atoms with van der Waals surface area (Å²) in [4.78, 5) is 34.4. The van der Waals surface area contributed by atoms with E-state index < -0.39 is 48.5 Å². The van der Waals surface area contributed by atoms with Crippen LogP contribution in [0.5, 0.6) is 0 Å². The molecule has 0 saturated carbocycles. The number of esters is 2. The first kappa shape index (κ1) is 21.8. The molecule has 5 atom stereocenters. The van der Waals surface area contributed by atoms with E-state index in [0.717, 1.165) is 5.56 Å². The maximum Gasteiger partial charge on any atom is 0.303 e. The number of aliphatic hydroxyl groups excluding tert-OH is 1. The van der Waals surface area contributed by atoms with Gasteiger partial charge < -0.3 is 29.4 Å². The van der Waals surface area contributed by atoms with Gasteiger partial charge in [-0.3, -0.25) is 14.4 Å². The molecule has 0 bridgehead atoms. The third kappa shape index (κ3) is 6.29. The molecule has 1 aromatic rings. The maximum atomic E-state index is 11.6. The van der Waals surface area contributed by atoms with Crippen molar-refractivity contribution in [3.05, 3.63) is 35.9 Å². The quantitative estimate of drug-likeness (QED) is 0.632. The first-order valence-electron chi connectivity index (χ1n) is 8.84. The predicted octanol–water partition coefficient (Wildman–Crippen LogP) is 0.289. The maximum absolute atomic E-state index is 11.6. The van der Waals surface area contributed by atoms with E-state index in [4.69, 9.17) is 18.9 Å². The van der Waals surface area contributed by atoms with E-state index in [2.05, 4.69) is 5.32 Å². The van der Waals surface area contributed by atoms with Crippen molar-refractivity contribution in [1.29, 1.82) is 0 Å². The zero-order chi connectivity index (χ0) is 20.7. The SMILES string of the molecule is CC(=O)N[C@@H]1[C@@H](OCc2ccccc2)[C@H](OC(C)=O)[C@@H](COC(C)=O)O[C@H]1O. The molecule has 1 saturated heterocycles. The lowest BCUT2D eigenvalue weighted by molar-refractivity contribution is -0.269. The van der Waals surface area contributed by atoms with Crippen LogP contribution in [-0.4, -0.2) is 60.2 Å². The van der Waals surface area contributed by atoms with Gasteiger partial charge in [-0.25, -0.2) is 0 Å². The minimum absolute atomic E-state index is 0.145. The van der Waals surface area contributed by atoms with Crippen molar-refractivity contribution in [3.8, 4) is 0 Å². The third-order valence-corrected chi connectivity index (χ3v) is 4.07. The van der Waals surface area contributed by atoms with Crippen molar-refractivity contribution in [2.45, 2.75) is 58.0 Å². The van der Waals surface area contributed by atoms with Gasteiger partial charge in [0.15, 0.2) is 12.4 Å². The topological polar surface area (TPSA) is 120 Å². The lowest BCUT2D eigenvalue weighted by atomic mass is 9.96. The van der Waals surface area contributed by atoms with Crippen molar-refractivity contribution >= 4 is 17.8 Å². The van der Waals surface area contributed by atoms with Crippen LogP contribution in [0.2, 0.25) is 0 Å². The Hall–Kier alpha value is -2.49. The van der Waals surface area contributed by atoms with E-state index >= 15 is 0 Å². The average molecular weight is 395 g/mol. The van der Waals surface area contributed by atoms with Gasteiger partial charge in [0.1, 0.15) is 24.9 Å². The standard InChI is InChI=1S/C19H25NO8/c1-11(21)20-16-18(26-9-14-7-5-4-6-8-14)17(27-13(3)23)15(28-19(16)24)10-25-12(2)22/h4-8,15-19,24H,9-10H2,1-3H3,(H,20,21)/t15-,16-,17-,18-,19-/m1/s1. The third-order valence-electron chi connectivity index (χ3n) is 4.07. The molecule has 0 aliphatic carbocycles. The number of ether oxygens (including phenoxy) is 4. The lowest BCUT2D eigenvalue weighted by Crippen LogP contribution is -2.65. The molecule has 9 nitrogen and oxygen atoms in total. The largest absolute Gasteiger partial charge is 0.463 e. The number of rotatable bonds is 7.